The van der Waals surface area contributed by atoms with Crippen molar-refractivity contribution in [2.75, 3.05) is 0 Å². The molecule has 2 N–H and O–H groups in total. The number of hydrogen-bond donors (Lipinski definition) is 1. The van der Waals surface area contributed by atoms with Crippen LogP contribution in [0.25, 0.3) is 0 Å². The van der Waals surface area contributed by atoms with Gasteiger partial charge in [0.1, 0.15) is 0 Å². The van der Waals surface area contributed by atoms with Crippen LogP contribution in [0.15, 0.2) is 0 Å². The maximum Gasteiger partial charge on any atom is 0.0206 e. The molecule has 0 amide bonds. The predicted octanol–water partition coefficient (Wildman–Crippen LogP) is 4.64. The minimum absolute atomic E-state index is 0.122. The molecule has 0 heterocycles. The van der Waals surface area contributed by atoms with Gasteiger partial charge in [-0.25, -0.2) is 0 Å². The molecule has 0 aromatic heterocycles. The molecule has 1 aliphatic rings. The second-order valence-corrected chi connectivity index (χ2v) is 6.41. The third kappa shape index (κ3) is 3.48. The highest BCUT2D eigenvalue weighted by Crippen LogP contribution is 2.44. The summed E-state index contributed by atoms with van der Waals surface area (Å²) >= 11 is 0. The lowest BCUT2D eigenvalue weighted by Gasteiger charge is -2.48. The molecule has 96 valence electrons. The summed E-state index contributed by atoms with van der Waals surface area (Å²) in [4.78, 5) is 0. The molecule has 1 heteroatoms. The van der Waals surface area contributed by atoms with Gasteiger partial charge in [-0.05, 0) is 24.7 Å². The quantitative estimate of drug-likeness (QED) is 0.654. The minimum Gasteiger partial charge on any atom is -0.325 e. The van der Waals surface area contributed by atoms with Gasteiger partial charge in [0, 0.05) is 5.54 Å². The van der Waals surface area contributed by atoms with Crippen molar-refractivity contribution in [1.82, 2.24) is 0 Å². The van der Waals surface area contributed by atoms with Gasteiger partial charge in [0.05, 0.1) is 0 Å². The Morgan fingerprint density at radius 1 is 0.938 bits per heavy atom. The van der Waals surface area contributed by atoms with Crippen LogP contribution < -0.4 is 5.73 Å². The largest absolute Gasteiger partial charge is 0.325 e. The second kappa shape index (κ2) is 6.05. The van der Waals surface area contributed by atoms with Crippen molar-refractivity contribution in [3.8, 4) is 0 Å². The van der Waals surface area contributed by atoms with Gasteiger partial charge in [0.2, 0.25) is 0 Å². The van der Waals surface area contributed by atoms with E-state index in [2.05, 4.69) is 20.8 Å². The summed E-state index contributed by atoms with van der Waals surface area (Å²) in [6.45, 7) is 7.02. The van der Waals surface area contributed by atoms with Crippen LogP contribution >= 0.6 is 0 Å². The fraction of sp³-hybridized carbons (Fsp3) is 1.00. The van der Waals surface area contributed by atoms with Crippen molar-refractivity contribution < 1.29 is 0 Å². The Morgan fingerprint density at radius 3 is 2.19 bits per heavy atom. The van der Waals surface area contributed by atoms with E-state index >= 15 is 0 Å². The molecule has 0 saturated heterocycles. The normalized spacial score (nSPS) is 29.2. The second-order valence-electron chi connectivity index (χ2n) is 6.41. The molecule has 0 bridgehead atoms. The Hall–Kier alpha value is -0.0400. The Kier molecular flexibility index (Phi) is 5.30. The molecule has 0 spiro atoms. The first-order valence-electron chi connectivity index (χ1n) is 7.31. The Labute approximate surface area is 102 Å². The molecule has 1 aliphatic carbocycles. The molecule has 0 aromatic carbocycles. The van der Waals surface area contributed by atoms with Crippen LogP contribution in [-0.2, 0) is 0 Å². The minimum atomic E-state index is 0.122. The van der Waals surface area contributed by atoms with Gasteiger partial charge in [0.25, 0.3) is 0 Å². The van der Waals surface area contributed by atoms with E-state index in [-0.39, 0.29) is 5.54 Å². The smallest absolute Gasteiger partial charge is 0.0206 e. The molecular formula is C15H31N. The average molecular weight is 225 g/mol. The van der Waals surface area contributed by atoms with E-state index in [1.54, 1.807) is 0 Å². The van der Waals surface area contributed by atoms with Gasteiger partial charge in [-0.1, -0.05) is 65.7 Å². The van der Waals surface area contributed by atoms with Gasteiger partial charge in [-0.2, -0.15) is 0 Å². The van der Waals surface area contributed by atoms with E-state index in [1.807, 2.05) is 0 Å². The third-order valence-corrected chi connectivity index (χ3v) is 4.75. The highest BCUT2D eigenvalue weighted by atomic mass is 14.8. The van der Waals surface area contributed by atoms with Crippen LogP contribution in [0.3, 0.4) is 0 Å². The fourth-order valence-corrected chi connectivity index (χ4v) is 3.10. The first kappa shape index (κ1) is 14.0. The zero-order valence-electron chi connectivity index (χ0n) is 11.6. The van der Waals surface area contributed by atoms with Gasteiger partial charge in [-0.15, -0.1) is 0 Å². The number of hydrogen-bond acceptors (Lipinski definition) is 1. The Bertz CT molecular complexity index is 198. The van der Waals surface area contributed by atoms with Crippen molar-refractivity contribution >= 4 is 0 Å². The molecule has 0 radical (unpaired) electrons. The van der Waals surface area contributed by atoms with Crippen LogP contribution in [0.1, 0.15) is 85.0 Å². The standard InChI is InChI=1S/C15H31N/c1-4-5-6-7-8-12-15(16)13-10-9-11-14(15,2)3/h4-13,16H2,1-3H3. The summed E-state index contributed by atoms with van der Waals surface area (Å²) < 4.78 is 0. The van der Waals surface area contributed by atoms with Crippen molar-refractivity contribution in [1.29, 1.82) is 0 Å². The van der Waals surface area contributed by atoms with E-state index in [4.69, 9.17) is 5.73 Å². The molecule has 1 saturated carbocycles. The Balaban J connectivity index is 2.32. The monoisotopic (exact) mass is 225 g/mol. The van der Waals surface area contributed by atoms with Crippen molar-refractivity contribution in [2.45, 2.75) is 90.5 Å². The number of unbranched alkanes of at least 4 members (excludes halogenated alkanes) is 4. The molecule has 0 aromatic rings. The molecule has 16 heavy (non-hydrogen) atoms. The topological polar surface area (TPSA) is 26.0 Å². The van der Waals surface area contributed by atoms with Crippen LogP contribution in [0.2, 0.25) is 0 Å². The molecule has 1 fully saturated rings. The lowest BCUT2D eigenvalue weighted by atomic mass is 9.62. The molecule has 0 aliphatic heterocycles. The van der Waals surface area contributed by atoms with Gasteiger partial charge in [0.15, 0.2) is 0 Å². The van der Waals surface area contributed by atoms with Gasteiger partial charge in [-0.3, -0.25) is 0 Å². The third-order valence-electron chi connectivity index (χ3n) is 4.75. The highest BCUT2D eigenvalue weighted by molar-refractivity contribution is 4.99. The Morgan fingerprint density at radius 2 is 1.56 bits per heavy atom. The van der Waals surface area contributed by atoms with Crippen LogP contribution in [0, 0.1) is 5.41 Å². The summed E-state index contributed by atoms with van der Waals surface area (Å²) in [6.07, 6.45) is 13.3. The van der Waals surface area contributed by atoms with Gasteiger partial charge >= 0.3 is 0 Å². The van der Waals surface area contributed by atoms with Crippen molar-refractivity contribution in [3.05, 3.63) is 0 Å². The molecule has 1 rings (SSSR count). The predicted molar refractivity (Wildman–Crippen MR) is 72.5 cm³/mol. The summed E-state index contributed by atoms with van der Waals surface area (Å²) in [5.74, 6) is 0. The number of nitrogens with two attached hydrogens (primary N) is 1. The maximum atomic E-state index is 6.65. The van der Waals surface area contributed by atoms with Crippen molar-refractivity contribution in [2.24, 2.45) is 11.1 Å². The van der Waals surface area contributed by atoms with Crippen LogP contribution in [0.5, 0.6) is 0 Å². The summed E-state index contributed by atoms with van der Waals surface area (Å²) in [6, 6.07) is 0. The van der Waals surface area contributed by atoms with Crippen molar-refractivity contribution in [3.63, 3.8) is 0 Å². The lowest BCUT2D eigenvalue weighted by molar-refractivity contribution is 0.0879. The van der Waals surface area contributed by atoms with E-state index in [0.717, 1.165) is 0 Å². The zero-order valence-corrected chi connectivity index (χ0v) is 11.6. The molecule has 1 atom stereocenters. The van der Waals surface area contributed by atoms with Gasteiger partial charge < -0.3 is 5.73 Å². The van der Waals surface area contributed by atoms with E-state index in [9.17, 15) is 0 Å². The lowest BCUT2D eigenvalue weighted by Crippen LogP contribution is -2.54. The first-order chi connectivity index (χ1) is 7.52. The molecule has 1 unspecified atom stereocenters. The first-order valence-corrected chi connectivity index (χ1v) is 7.31. The van der Waals surface area contributed by atoms with E-state index < -0.39 is 0 Å². The highest BCUT2D eigenvalue weighted by Gasteiger charge is 2.42. The summed E-state index contributed by atoms with van der Waals surface area (Å²) in [7, 11) is 0. The maximum absolute atomic E-state index is 6.65. The molecular weight excluding hydrogens is 194 g/mol. The van der Waals surface area contributed by atoms with Crippen LogP contribution in [-0.4, -0.2) is 5.54 Å². The molecule has 1 nitrogen and oxygen atoms in total. The van der Waals surface area contributed by atoms with E-state index in [0.29, 0.717) is 5.41 Å². The van der Waals surface area contributed by atoms with Crippen LogP contribution in [0.4, 0.5) is 0 Å². The summed E-state index contributed by atoms with van der Waals surface area (Å²) in [5.41, 5.74) is 7.13. The fourth-order valence-electron chi connectivity index (χ4n) is 3.10. The average Bonchev–Trinajstić information content (AvgIpc) is 2.23. The zero-order chi connectivity index (χ0) is 12.1. The summed E-state index contributed by atoms with van der Waals surface area (Å²) in [5, 5.41) is 0. The SMILES string of the molecule is CCCCCCCC1(N)CCCCC1(C)C. The van der Waals surface area contributed by atoms with E-state index in [1.165, 1.54) is 64.2 Å². The number of rotatable bonds is 6.